The zero-order valence-corrected chi connectivity index (χ0v) is 10.6. The Kier molecular flexibility index (Phi) is 3.56. The first-order valence-electron chi connectivity index (χ1n) is 5.40. The quantitative estimate of drug-likeness (QED) is 0.918. The number of aliphatic hydroxyl groups is 1. The van der Waals surface area contributed by atoms with Crippen LogP contribution in [0.3, 0.4) is 0 Å². The highest BCUT2D eigenvalue weighted by molar-refractivity contribution is 6.32. The maximum absolute atomic E-state index is 12.4. The Hall–Kier alpha value is -1.53. The molecular formula is C12H10ClF3N2O. The van der Waals surface area contributed by atoms with E-state index in [0.717, 1.165) is 10.7 Å². The van der Waals surface area contributed by atoms with E-state index >= 15 is 0 Å². The van der Waals surface area contributed by atoms with Crippen molar-refractivity contribution in [2.45, 2.75) is 19.2 Å². The van der Waals surface area contributed by atoms with E-state index < -0.39 is 18.0 Å². The summed E-state index contributed by atoms with van der Waals surface area (Å²) in [7, 11) is 0. The molecule has 2 rings (SSSR count). The van der Waals surface area contributed by atoms with Crippen LogP contribution in [0.15, 0.2) is 30.5 Å². The summed E-state index contributed by atoms with van der Waals surface area (Å²) in [6.45, 7) is 1.57. The number of nitrogens with zero attached hydrogens (tertiary/aromatic N) is 2. The van der Waals surface area contributed by atoms with Gasteiger partial charge in [-0.05, 0) is 30.7 Å². The fourth-order valence-corrected chi connectivity index (χ4v) is 1.85. The van der Waals surface area contributed by atoms with E-state index in [0.29, 0.717) is 11.3 Å². The van der Waals surface area contributed by atoms with Gasteiger partial charge in [0.15, 0.2) is 5.69 Å². The lowest BCUT2D eigenvalue weighted by molar-refractivity contribution is -0.141. The Morgan fingerprint density at radius 2 is 2.00 bits per heavy atom. The number of aromatic nitrogens is 2. The molecule has 1 atom stereocenters. The van der Waals surface area contributed by atoms with Crippen molar-refractivity contribution in [1.82, 2.24) is 9.78 Å². The maximum atomic E-state index is 12.4. The van der Waals surface area contributed by atoms with Crippen molar-refractivity contribution in [3.8, 4) is 5.69 Å². The molecule has 0 aliphatic carbocycles. The van der Waals surface area contributed by atoms with Crippen LogP contribution in [0.4, 0.5) is 13.2 Å². The third kappa shape index (κ3) is 2.90. The van der Waals surface area contributed by atoms with Crippen LogP contribution in [0.5, 0.6) is 0 Å². The highest BCUT2D eigenvalue weighted by Gasteiger charge is 2.33. The third-order valence-electron chi connectivity index (χ3n) is 2.58. The fraction of sp³-hybridized carbons (Fsp3) is 0.250. The SMILES string of the molecule is CC(O)c1ccc(-n2ccc(C(F)(F)F)n2)c(Cl)c1. The molecule has 0 spiro atoms. The van der Waals surface area contributed by atoms with Crippen molar-refractivity contribution in [3.63, 3.8) is 0 Å². The van der Waals surface area contributed by atoms with Crippen molar-refractivity contribution >= 4 is 11.6 Å². The fourth-order valence-electron chi connectivity index (χ4n) is 1.58. The average Bonchev–Trinajstić information content (AvgIpc) is 2.77. The van der Waals surface area contributed by atoms with E-state index in [2.05, 4.69) is 5.10 Å². The topological polar surface area (TPSA) is 38.0 Å². The highest BCUT2D eigenvalue weighted by atomic mass is 35.5. The summed E-state index contributed by atoms with van der Waals surface area (Å²) in [5.41, 5.74) is -0.0818. The lowest BCUT2D eigenvalue weighted by Gasteiger charge is -2.09. The van der Waals surface area contributed by atoms with Crippen LogP contribution in [-0.4, -0.2) is 14.9 Å². The van der Waals surface area contributed by atoms with E-state index in [4.69, 9.17) is 11.6 Å². The van der Waals surface area contributed by atoms with Crippen LogP contribution < -0.4 is 0 Å². The Labute approximate surface area is 112 Å². The van der Waals surface area contributed by atoms with Gasteiger partial charge in [0.1, 0.15) is 0 Å². The second-order valence-corrected chi connectivity index (χ2v) is 4.44. The molecule has 0 bridgehead atoms. The summed E-state index contributed by atoms with van der Waals surface area (Å²) in [5, 5.41) is 13.0. The van der Waals surface area contributed by atoms with Crippen LogP contribution in [-0.2, 0) is 6.18 Å². The molecule has 0 amide bonds. The number of benzene rings is 1. The first kappa shape index (κ1) is 13.9. The molecule has 19 heavy (non-hydrogen) atoms. The monoisotopic (exact) mass is 290 g/mol. The van der Waals surface area contributed by atoms with Gasteiger partial charge in [-0.1, -0.05) is 17.7 Å². The first-order valence-corrected chi connectivity index (χ1v) is 5.77. The van der Waals surface area contributed by atoms with Crippen LogP contribution in [0, 0.1) is 0 Å². The molecule has 1 heterocycles. The lowest BCUT2D eigenvalue weighted by atomic mass is 10.1. The molecule has 0 aliphatic rings. The van der Waals surface area contributed by atoms with Crippen LogP contribution in [0.2, 0.25) is 5.02 Å². The van der Waals surface area contributed by atoms with Crippen molar-refractivity contribution in [2.24, 2.45) is 0 Å². The Balaban J connectivity index is 2.40. The molecule has 1 aromatic carbocycles. The van der Waals surface area contributed by atoms with Gasteiger partial charge in [0, 0.05) is 6.20 Å². The van der Waals surface area contributed by atoms with Crippen molar-refractivity contribution in [2.75, 3.05) is 0 Å². The van der Waals surface area contributed by atoms with Gasteiger partial charge in [0.25, 0.3) is 0 Å². The molecule has 1 N–H and O–H groups in total. The Bertz CT molecular complexity index is 593. The van der Waals surface area contributed by atoms with Crippen molar-refractivity contribution in [1.29, 1.82) is 0 Å². The van der Waals surface area contributed by atoms with Gasteiger partial charge in [-0.15, -0.1) is 0 Å². The molecule has 3 nitrogen and oxygen atoms in total. The molecule has 102 valence electrons. The van der Waals surface area contributed by atoms with Gasteiger partial charge in [-0.25, -0.2) is 4.68 Å². The largest absolute Gasteiger partial charge is 0.435 e. The molecule has 0 saturated carbocycles. The van der Waals surface area contributed by atoms with E-state index in [-0.39, 0.29) is 5.02 Å². The number of hydrogen-bond donors (Lipinski definition) is 1. The van der Waals surface area contributed by atoms with Gasteiger partial charge >= 0.3 is 6.18 Å². The van der Waals surface area contributed by atoms with Gasteiger partial charge in [0.05, 0.1) is 16.8 Å². The Morgan fingerprint density at radius 1 is 1.32 bits per heavy atom. The van der Waals surface area contributed by atoms with E-state index in [1.165, 1.54) is 18.3 Å². The molecule has 0 fully saturated rings. The van der Waals surface area contributed by atoms with E-state index in [1.807, 2.05) is 0 Å². The lowest BCUT2D eigenvalue weighted by Crippen LogP contribution is -2.07. The molecule has 0 radical (unpaired) electrons. The Morgan fingerprint density at radius 3 is 2.47 bits per heavy atom. The second kappa shape index (κ2) is 4.86. The van der Waals surface area contributed by atoms with Crippen LogP contribution >= 0.6 is 11.6 Å². The summed E-state index contributed by atoms with van der Waals surface area (Å²) in [5.74, 6) is 0. The predicted octanol–water partition coefficient (Wildman–Crippen LogP) is 3.60. The van der Waals surface area contributed by atoms with Crippen molar-refractivity contribution < 1.29 is 18.3 Å². The molecule has 7 heteroatoms. The smallest absolute Gasteiger partial charge is 0.389 e. The third-order valence-corrected chi connectivity index (χ3v) is 2.88. The summed E-state index contributed by atoms with van der Waals surface area (Å²) in [6, 6.07) is 5.47. The highest BCUT2D eigenvalue weighted by Crippen LogP contribution is 2.29. The molecular weight excluding hydrogens is 281 g/mol. The molecule has 1 aromatic heterocycles. The number of aliphatic hydroxyl groups excluding tert-OH is 1. The van der Waals surface area contributed by atoms with Gasteiger partial charge in [-0.3, -0.25) is 0 Å². The van der Waals surface area contributed by atoms with Crippen molar-refractivity contribution in [3.05, 3.63) is 46.7 Å². The minimum atomic E-state index is -4.49. The number of rotatable bonds is 2. The molecule has 0 saturated heterocycles. The predicted molar refractivity (Wildman–Crippen MR) is 64.2 cm³/mol. The first-order chi connectivity index (χ1) is 8.79. The van der Waals surface area contributed by atoms with Crippen LogP contribution in [0.1, 0.15) is 24.3 Å². The zero-order valence-electron chi connectivity index (χ0n) is 9.82. The maximum Gasteiger partial charge on any atom is 0.435 e. The summed E-state index contributed by atoms with van der Waals surface area (Å²) < 4.78 is 38.4. The molecule has 1 unspecified atom stereocenters. The minimum Gasteiger partial charge on any atom is -0.389 e. The second-order valence-electron chi connectivity index (χ2n) is 4.03. The molecule has 2 aromatic rings. The number of halogens is 4. The van der Waals surface area contributed by atoms with Crippen LogP contribution in [0.25, 0.3) is 5.69 Å². The average molecular weight is 291 g/mol. The summed E-state index contributed by atoms with van der Waals surface area (Å²) in [6.07, 6.45) is -4.00. The number of alkyl halides is 3. The summed E-state index contributed by atoms with van der Waals surface area (Å²) in [4.78, 5) is 0. The standard InChI is InChI=1S/C12H10ClF3N2O/c1-7(19)8-2-3-10(9(13)6-8)18-5-4-11(17-18)12(14,15)16/h2-7,19H,1H3. The van der Waals surface area contributed by atoms with Gasteiger partial charge in [0.2, 0.25) is 0 Å². The van der Waals surface area contributed by atoms with E-state index in [1.54, 1.807) is 13.0 Å². The van der Waals surface area contributed by atoms with Gasteiger partial charge < -0.3 is 5.11 Å². The zero-order chi connectivity index (χ0) is 14.2. The minimum absolute atomic E-state index is 0.218. The molecule has 0 aliphatic heterocycles. The van der Waals surface area contributed by atoms with Gasteiger partial charge in [-0.2, -0.15) is 18.3 Å². The van der Waals surface area contributed by atoms with E-state index in [9.17, 15) is 18.3 Å². The summed E-state index contributed by atoms with van der Waals surface area (Å²) >= 11 is 5.98. The normalized spacial score (nSPS) is 13.6. The number of hydrogen-bond acceptors (Lipinski definition) is 2.